The van der Waals surface area contributed by atoms with Crippen LogP contribution >= 0.6 is 7.60 Å². The second kappa shape index (κ2) is 11.2. The summed E-state index contributed by atoms with van der Waals surface area (Å²) in [6.07, 6.45) is 3.60. The molecule has 0 N–H and O–H groups in total. The minimum atomic E-state index is -3.29. The van der Waals surface area contributed by atoms with Crippen LogP contribution in [0, 0.1) is 5.92 Å². The van der Waals surface area contributed by atoms with Gasteiger partial charge >= 0.3 is 13.6 Å². The predicted molar refractivity (Wildman–Crippen MR) is 85.1 cm³/mol. The molecule has 1 aliphatic heterocycles. The van der Waals surface area contributed by atoms with Gasteiger partial charge in [0.2, 0.25) is 0 Å². The van der Waals surface area contributed by atoms with Crippen LogP contribution in [0.2, 0.25) is 0 Å². The van der Waals surface area contributed by atoms with E-state index in [4.69, 9.17) is 18.7 Å². The van der Waals surface area contributed by atoms with Crippen molar-refractivity contribution in [3.05, 3.63) is 0 Å². The Labute approximate surface area is 138 Å². The first-order valence-corrected chi connectivity index (χ1v) is 10.0. The van der Waals surface area contributed by atoms with Crippen LogP contribution in [0.5, 0.6) is 0 Å². The Morgan fingerprint density at radius 3 is 2.30 bits per heavy atom. The summed E-state index contributed by atoms with van der Waals surface area (Å²) in [5.74, 6) is -0.873. The fourth-order valence-electron chi connectivity index (χ4n) is 2.23. The Bertz CT molecular complexity index is 374. The molecule has 136 valence electrons. The van der Waals surface area contributed by atoms with Crippen LogP contribution < -0.4 is 0 Å². The minimum Gasteiger partial charge on any atom is -0.460 e. The molecule has 0 radical (unpaired) electrons. The van der Waals surface area contributed by atoms with Crippen LogP contribution in [0.4, 0.5) is 0 Å². The molecule has 0 saturated carbocycles. The maximum atomic E-state index is 12.9. The lowest BCUT2D eigenvalue weighted by atomic mass is 10.1. The summed E-state index contributed by atoms with van der Waals surface area (Å²) in [6.45, 7) is 4.97. The van der Waals surface area contributed by atoms with Crippen LogP contribution in [-0.4, -0.2) is 45.2 Å². The van der Waals surface area contributed by atoms with E-state index in [2.05, 4.69) is 4.89 Å². The van der Waals surface area contributed by atoms with Crippen molar-refractivity contribution in [1.82, 2.24) is 0 Å². The van der Waals surface area contributed by atoms with Gasteiger partial charge in [-0.1, -0.05) is 26.7 Å². The Hall–Kier alpha value is -0.460. The van der Waals surface area contributed by atoms with E-state index < -0.39 is 13.5 Å². The van der Waals surface area contributed by atoms with Gasteiger partial charge in [-0.15, -0.1) is 0 Å². The monoisotopic (exact) mass is 352 g/mol. The summed E-state index contributed by atoms with van der Waals surface area (Å²) in [4.78, 5) is 21.2. The van der Waals surface area contributed by atoms with E-state index in [1.807, 2.05) is 13.8 Å². The average Bonchev–Trinajstić information content (AvgIpc) is 2.85. The zero-order chi connectivity index (χ0) is 17.1. The topological polar surface area (TPSA) is 80.3 Å². The number of carbonyl (C=O) groups excluding carboxylic acids is 1. The van der Waals surface area contributed by atoms with Crippen LogP contribution in [0.3, 0.4) is 0 Å². The molecule has 0 spiro atoms. The maximum absolute atomic E-state index is 12.9. The van der Waals surface area contributed by atoms with Crippen LogP contribution in [0.1, 0.15) is 46.0 Å². The molecule has 8 heteroatoms. The third kappa shape index (κ3) is 7.77. The molecule has 1 fully saturated rings. The van der Waals surface area contributed by atoms with E-state index in [1.165, 1.54) is 7.11 Å². The van der Waals surface area contributed by atoms with Crippen molar-refractivity contribution < 1.29 is 32.9 Å². The second-order valence-electron chi connectivity index (χ2n) is 5.61. The summed E-state index contributed by atoms with van der Waals surface area (Å²) in [5, 5.41) is 0. The van der Waals surface area contributed by atoms with Gasteiger partial charge in [0, 0.05) is 6.42 Å². The SMILES string of the molecule is CCCCOP(=O)(C[C@@H]1C[C@@H](COOC)OC1=O)OCCCC. The predicted octanol–water partition coefficient (Wildman–Crippen LogP) is 3.32. The molecule has 23 heavy (non-hydrogen) atoms. The van der Waals surface area contributed by atoms with E-state index in [0.717, 1.165) is 25.7 Å². The molecule has 0 aromatic heterocycles. The van der Waals surface area contributed by atoms with Gasteiger partial charge in [-0.25, -0.2) is 9.78 Å². The van der Waals surface area contributed by atoms with Crippen molar-refractivity contribution in [2.45, 2.75) is 52.1 Å². The molecule has 1 aliphatic rings. The van der Waals surface area contributed by atoms with Crippen molar-refractivity contribution in [3.8, 4) is 0 Å². The molecule has 7 nitrogen and oxygen atoms in total. The van der Waals surface area contributed by atoms with Gasteiger partial charge in [0.05, 0.1) is 32.4 Å². The fourth-order valence-corrected chi connectivity index (χ4v) is 4.16. The van der Waals surface area contributed by atoms with Crippen molar-refractivity contribution >= 4 is 13.6 Å². The first-order chi connectivity index (χ1) is 11.0. The molecular weight excluding hydrogens is 323 g/mol. The molecule has 0 aliphatic carbocycles. The highest BCUT2D eigenvalue weighted by atomic mass is 31.2. The van der Waals surface area contributed by atoms with E-state index in [9.17, 15) is 9.36 Å². The zero-order valence-electron chi connectivity index (χ0n) is 14.3. The van der Waals surface area contributed by atoms with Crippen LogP contribution in [0.25, 0.3) is 0 Å². The third-order valence-electron chi connectivity index (χ3n) is 3.55. The van der Waals surface area contributed by atoms with Gasteiger partial charge in [-0.05, 0) is 12.8 Å². The van der Waals surface area contributed by atoms with Gasteiger partial charge < -0.3 is 13.8 Å². The maximum Gasteiger partial charge on any atom is 0.331 e. The summed E-state index contributed by atoms with van der Waals surface area (Å²) >= 11 is 0. The largest absolute Gasteiger partial charge is 0.460 e. The van der Waals surface area contributed by atoms with Crippen molar-refractivity contribution in [3.63, 3.8) is 0 Å². The first-order valence-electron chi connectivity index (χ1n) is 8.28. The van der Waals surface area contributed by atoms with Gasteiger partial charge in [-0.3, -0.25) is 9.36 Å². The Kier molecular flexibility index (Phi) is 9.99. The van der Waals surface area contributed by atoms with E-state index in [0.29, 0.717) is 19.6 Å². The quantitative estimate of drug-likeness (QED) is 0.165. The molecule has 0 aromatic rings. The first kappa shape index (κ1) is 20.6. The lowest BCUT2D eigenvalue weighted by Gasteiger charge is -2.20. The van der Waals surface area contributed by atoms with Gasteiger partial charge in [0.25, 0.3) is 0 Å². The molecule has 2 atom stereocenters. The van der Waals surface area contributed by atoms with Crippen LogP contribution in [-0.2, 0) is 32.9 Å². The second-order valence-corrected chi connectivity index (χ2v) is 7.71. The molecule has 0 bridgehead atoms. The smallest absolute Gasteiger partial charge is 0.331 e. The zero-order valence-corrected chi connectivity index (χ0v) is 15.2. The summed E-state index contributed by atoms with van der Waals surface area (Å²) in [6, 6.07) is 0. The average molecular weight is 352 g/mol. The standard InChI is InChI=1S/C15H29O7P/c1-4-6-8-20-23(17,21-9-7-5-2)12-13-10-14(11-19-18-3)22-15(13)16/h13-14H,4-12H2,1-3H3/t13-,14-/m0/s1. The number of esters is 1. The number of cyclic esters (lactones) is 1. The summed E-state index contributed by atoms with van der Waals surface area (Å²) in [5.41, 5.74) is 0. The molecule has 0 amide bonds. The number of carbonyl (C=O) groups is 1. The summed E-state index contributed by atoms with van der Waals surface area (Å²) < 4.78 is 29.1. The molecule has 1 saturated heterocycles. The highest BCUT2D eigenvalue weighted by Crippen LogP contribution is 2.51. The Morgan fingerprint density at radius 1 is 1.17 bits per heavy atom. The molecular formula is C15H29O7P. The number of hydrogen-bond acceptors (Lipinski definition) is 7. The lowest BCUT2D eigenvalue weighted by molar-refractivity contribution is -0.283. The van der Waals surface area contributed by atoms with Gasteiger partial charge in [-0.2, -0.15) is 0 Å². The van der Waals surface area contributed by atoms with E-state index in [-0.39, 0.29) is 24.8 Å². The Balaban J connectivity index is 2.57. The van der Waals surface area contributed by atoms with Gasteiger partial charge in [0.1, 0.15) is 12.7 Å². The van der Waals surface area contributed by atoms with Gasteiger partial charge in [0.15, 0.2) is 0 Å². The lowest BCUT2D eigenvalue weighted by Crippen LogP contribution is -2.15. The highest BCUT2D eigenvalue weighted by Gasteiger charge is 2.41. The molecule has 0 aromatic carbocycles. The van der Waals surface area contributed by atoms with Crippen molar-refractivity contribution in [1.29, 1.82) is 0 Å². The summed E-state index contributed by atoms with van der Waals surface area (Å²) in [7, 11) is -1.90. The number of hydrogen-bond donors (Lipinski definition) is 0. The van der Waals surface area contributed by atoms with Crippen molar-refractivity contribution in [2.75, 3.05) is 33.1 Å². The Morgan fingerprint density at radius 2 is 1.78 bits per heavy atom. The van der Waals surface area contributed by atoms with E-state index >= 15 is 0 Å². The van der Waals surface area contributed by atoms with E-state index in [1.54, 1.807) is 0 Å². The third-order valence-corrected chi connectivity index (χ3v) is 5.59. The number of ether oxygens (including phenoxy) is 1. The van der Waals surface area contributed by atoms with Crippen LogP contribution in [0.15, 0.2) is 0 Å². The molecule has 1 rings (SSSR count). The normalized spacial score (nSPS) is 21.6. The van der Waals surface area contributed by atoms with Crippen molar-refractivity contribution in [2.24, 2.45) is 5.92 Å². The minimum absolute atomic E-state index is 0.0583. The highest BCUT2D eigenvalue weighted by molar-refractivity contribution is 7.53. The fraction of sp³-hybridized carbons (Fsp3) is 0.933. The molecule has 0 unspecified atom stereocenters. The molecule has 1 heterocycles. The number of unbranched alkanes of at least 4 members (excludes halogenated alkanes) is 2. The number of rotatable bonds is 13.